The molecule has 1 aromatic carbocycles. The Hall–Kier alpha value is -4.45. The van der Waals surface area contributed by atoms with Crippen molar-refractivity contribution in [3.05, 3.63) is 45.2 Å². The van der Waals surface area contributed by atoms with E-state index in [0.29, 0.717) is 23.5 Å². The summed E-state index contributed by atoms with van der Waals surface area (Å²) in [6.07, 6.45) is -0.0997. The quantitative estimate of drug-likeness (QED) is 0.287. The SMILES string of the molecule is COCOc1c(OC)c(C)cc2c1[C@@H]1C3CC4=C(C(=O)C(OC)=C(C)C4=O)[C@H](CNC(=O)C(C)NC(=O)OC(C)(C)C)N3[C@@H](C#N)[C@H](C2)N1C. The zero-order valence-electron chi connectivity index (χ0n) is 30.4. The Morgan fingerprint density at radius 3 is 2.36 bits per heavy atom. The van der Waals surface area contributed by atoms with Crippen LogP contribution in [0.1, 0.15) is 63.8 Å². The molecule has 2 unspecified atom stereocenters. The minimum atomic E-state index is -0.986. The first-order valence-electron chi connectivity index (χ1n) is 16.7. The van der Waals surface area contributed by atoms with Crippen LogP contribution >= 0.6 is 0 Å². The summed E-state index contributed by atoms with van der Waals surface area (Å²) in [5, 5.41) is 16.2. The molecule has 3 aliphatic heterocycles. The molecule has 4 aliphatic rings. The van der Waals surface area contributed by atoms with Crippen LogP contribution in [0.3, 0.4) is 0 Å². The fourth-order valence-electron chi connectivity index (χ4n) is 7.95. The van der Waals surface area contributed by atoms with Crippen molar-refractivity contribution >= 4 is 23.6 Å². The smallest absolute Gasteiger partial charge is 0.408 e. The van der Waals surface area contributed by atoms with Gasteiger partial charge in [0, 0.05) is 48.0 Å². The topological polar surface area (TPSA) is 169 Å². The summed E-state index contributed by atoms with van der Waals surface area (Å²) in [5.74, 6) is -0.298. The lowest BCUT2D eigenvalue weighted by Crippen LogP contribution is -2.71. The monoisotopic (exact) mass is 693 g/mol. The van der Waals surface area contributed by atoms with E-state index in [4.69, 9.17) is 23.7 Å². The third kappa shape index (κ3) is 6.34. The van der Waals surface area contributed by atoms with E-state index in [2.05, 4.69) is 27.7 Å². The zero-order valence-corrected chi connectivity index (χ0v) is 30.4. The summed E-state index contributed by atoms with van der Waals surface area (Å²) in [6.45, 7) is 10.0. The van der Waals surface area contributed by atoms with Gasteiger partial charge in [0.25, 0.3) is 0 Å². The molecule has 1 saturated heterocycles. The molecule has 2 bridgehead atoms. The van der Waals surface area contributed by atoms with E-state index >= 15 is 0 Å². The molecule has 50 heavy (non-hydrogen) atoms. The number of carbonyl (C=O) groups is 4. The molecule has 14 heteroatoms. The van der Waals surface area contributed by atoms with Crippen molar-refractivity contribution in [2.45, 2.75) is 96.2 Å². The number of Topliss-reactive ketones (excluding diaryl/α,β-unsaturated/α-hetero) is 2. The van der Waals surface area contributed by atoms with Crippen molar-refractivity contribution in [3.8, 4) is 17.6 Å². The molecular formula is C36H47N5O9. The van der Waals surface area contributed by atoms with E-state index in [-0.39, 0.29) is 48.5 Å². The number of rotatable bonds is 9. The number of nitrogens with one attached hydrogen (secondary N) is 2. The number of ether oxygens (including phenoxy) is 5. The van der Waals surface area contributed by atoms with Gasteiger partial charge in [-0.25, -0.2) is 4.79 Å². The third-order valence-corrected chi connectivity index (χ3v) is 9.96. The first kappa shape index (κ1) is 36.8. The van der Waals surface area contributed by atoms with Gasteiger partial charge in [0.05, 0.1) is 32.4 Å². The van der Waals surface area contributed by atoms with E-state index in [0.717, 1.165) is 16.7 Å². The first-order valence-corrected chi connectivity index (χ1v) is 16.7. The van der Waals surface area contributed by atoms with Gasteiger partial charge < -0.3 is 34.3 Å². The number of benzene rings is 1. The molecule has 1 aliphatic carbocycles. The summed E-state index contributed by atoms with van der Waals surface area (Å²) >= 11 is 0. The molecule has 14 nitrogen and oxygen atoms in total. The number of hydrogen-bond donors (Lipinski definition) is 2. The summed E-state index contributed by atoms with van der Waals surface area (Å²) in [7, 11) is 6.41. The highest BCUT2D eigenvalue weighted by molar-refractivity contribution is 6.25. The standard InChI is InChI=1S/C36H47N5O9/c1-17-11-20-12-22-24(14-37)41-23(28(40(22)7)26(20)33(31(17)47-9)49-16-46-8)13-21-27(30(43)32(48-10)18(2)29(21)42)25(41)15-38-34(44)19(3)39-35(45)50-36(4,5)6/h11,19,22-25,28H,12-13,15-16H2,1-10H3,(H,38,44)(H,39,45)/t19?,22-,23?,24-,25-,28-/m0/s1. The van der Waals surface area contributed by atoms with Crippen LogP contribution in [-0.4, -0.2) is 111 Å². The number of amides is 2. The van der Waals surface area contributed by atoms with Crippen LogP contribution in [0.2, 0.25) is 0 Å². The molecule has 2 amide bonds. The maximum absolute atomic E-state index is 14.1. The lowest BCUT2D eigenvalue weighted by atomic mass is 9.69. The molecule has 0 spiro atoms. The second-order valence-corrected chi connectivity index (χ2v) is 14.2. The molecular weight excluding hydrogens is 646 g/mol. The Labute approximate surface area is 292 Å². The number of allylic oxidation sites excluding steroid dienone is 2. The van der Waals surface area contributed by atoms with Crippen LogP contribution in [0.25, 0.3) is 0 Å². The fraction of sp³-hybridized carbons (Fsp3) is 0.583. The molecule has 3 heterocycles. The summed E-state index contributed by atoms with van der Waals surface area (Å²) in [5.41, 5.74) is 2.68. The molecule has 0 radical (unpaired) electrons. The molecule has 5 rings (SSSR count). The number of aryl methyl sites for hydroxylation is 1. The van der Waals surface area contributed by atoms with Gasteiger partial charge in [0.2, 0.25) is 11.7 Å². The maximum atomic E-state index is 14.1. The van der Waals surface area contributed by atoms with Crippen molar-refractivity contribution in [2.75, 3.05) is 41.7 Å². The largest absolute Gasteiger partial charge is 0.493 e. The number of hydrogen-bond acceptors (Lipinski definition) is 12. The average Bonchev–Trinajstić information content (AvgIpc) is 3.04. The number of piperazine rings is 1. The summed E-state index contributed by atoms with van der Waals surface area (Å²) in [6, 6.07) is 0.775. The molecule has 1 fully saturated rings. The number of alkyl carbamates (subject to hydrolysis) is 1. The number of carbonyl (C=O) groups excluding carboxylic acids is 4. The highest BCUT2D eigenvalue weighted by atomic mass is 16.7. The van der Waals surface area contributed by atoms with Gasteiger partial charge in [-0.15, -0.1) is 0 Å². The molecule has 1 aromatic rings. The minimum Gasteiger partial charge on any atom is -0.493 e. The van der Waals surface area contributed by atoms with Crippen LogP contribution < -0.4 is 20.1 Å². The second-order valence-electron chi connectivity index (χ2n) is 14.2. The number of nitriles is 1. The van der Waals surface area contributed by atoms with Crippen molar-refractivity contribution < 1.29 is 42.9 Å². The maximum Gasteiger partial charge on any atom is 0.408 e. The molecule has 6 atom stereocenters. The first-order chi connectivity index (χ1) is 23.6. The summed E-state index contributed by atoms with van der Waals surface area (Å²) < 4.78 is 28.1. The Morgan fingerprint density at radius 2 is 1.76 bits per heavy atom. The number of ketones is 2. The van der Waals surface area contributed by atoms with Gasteiger partial charge in [0.1, 0.15) is 17.7 Å². The van der Waals surface area contributed by atoms with E-state index in [1.54, 1.807) is 34.8 Å². The van der Waals surface area contributed by atoms with Crippen LogP contribution in [0.15, 0.2) is 28.5 Å². The highest BCUT2D eigenvalue weighted by Gasteiger charge is 2.58. The lowest BCUT2D eigenvalue weighted by Gasteiger charge is -2.60. The molecule has 270 valence electrons. The zero-order chi connectivity index (χ0) is 36.8. The van der Waals surface area contributed by atoms with E-state index in [9.17, 15) is 24.4 Å². The fourth-order valence-corrected chi connectivity index (χ4v) is 7.95. The predicted molar refractivity (Wildman–Crippen MR) is 180 cm³/mol. The van der Waals surface area contributed by atoms with Gasteiger partial charge in [0.15, 0.2) is 29.8 Å². The van der Waals surface area contributed by atoms with Gasteiger partial charge in [-0.05, 0) is 72.6 Å². The Kier molecular flexibility index (Phi) is 10.3. The highest BCUT2D eigenvalue weighted by Crippen LogP contribution is 2.54. The average molecular weight is 694 g/mol. The second kappa shape index (κ2) is 14.0. The molecule has 2 N–H and O–H groups in total. The van der Waals surface area contributed by atoms with Gasteiger partial charge >= 0.3 is 6.09 Å². The molecule has 0 aromatic heterocycles. The van der Waals surface area contributed by atoms with E-state index in [1.165, 1.54) is 21.1 Å². The van der Waals surface area contributed by atoms with Crippen LogP contribution in [0.4, 0.5) is 4.79 Å². The predicted octanol–water partition coefficient (Wildman–Crippen LogP) is 2.63. The minimum absolute atomic E-state index is 0.0302. The number of likely N-dealkylation sites (N-methyl/N-ethyl adjacent to an activating group) is 1. The van der Waals surface area contributed by atoms with Crippen LogP contribution in [0, 0.1) is 18.3 Å². The van der Waals surface area contributed by atoms with Gasteiger partial charge in [-0.1, -0.05) is 6.07 Å². The Morgan fingerprint density at radius 1 is 1.06 bits per heavy atom. The lowest BCUT2D eigenvalue weighted by molar-refractivity contribution is -0.125. The number of nitrogens with zero attached hydrogens (tertiary/aromatic N) is 3. The van der Waals surface area contributed by atoms with Crippen LogP contribution in [0.5, 0.6) is 11.5 Å². The van der Waals surface area contributed by atoms with Gasteiger partial charge in [-0.2, -0.15) is 5.26 Å². The number of fused-ring (bicyclic) bond motifs is 6. The van der Waals surface area contributed by atoms with E-state index in [1.807, 2.05) is 18.9 Å². The molecule has 0 saturated carbocycles. The van der Waals surface area contributed by atoms with Gasteiger partial charge in [-0.3, -0.25) is 24.2 Å². The Balaban J connectivity index is 1.62. The Bertz CT molecular complexity index is 1700. The van der Waals surface area contributed by atoms with E-state index < -0.39 is 53.6 Å². The van der Waals surface area contributed by atoms with Crippen LogP contribution in [-0.2, 0) is 35.0 Å². The summed E-state index contributed by atoms with van der Waals surface area (Å²) in [4.78, 5) is 58.1. The van der Waals surface area contributed by atoms with Crippen molar-refractivity contribution in [1.29, 1.82) is 5.26 Å². The third-order valence-electron chi connectivity index (χ3n) is 9.96. The number of methoxy groups -OCH3 is 3. The van der Waals surface area contributed by atoms with Crippen molar-refractivity contribution in [1.82, 2.24) is 20.4 Å². The normalized spacial score (nSPS) is 25.5. The van der Waals surface area contributed by atoms with Crippen molar-refractivity contribution in [2.24, 2.45) is 0 Å². The van der Waals surface area contributed by atoms with Crippen molar-refractivity contribution in [3.63, 3.8) is 0 Å².